The summed E-state index contributed by atoms with van der Waals surface area (Å²) >= 11 is 1.60. The normalized spacial score (nSPS) is 10.5. The molecule has 1 aromatic carbocycles. The van der Waals surface area contributed by atoms with Crippen LogP contribution in [0.15, 0.2) is 29.6 Å². The summed E-state index contributed by atoms with van der Waals surface area (Å²) in [5.41, 5.74) is 7.92. The highest BCUT2D eigenvalue weighted by Crippen LogP contribution is 2.24. The van der Waals surface area contributed by atoms with Gasteiger partial charge in [0.1, 0.15) is 6.61 Å². The lowest BCUT2D eigenvalue weighted by Crippen LogP contribution is -2.20. The molecule has 0 unspecified atom stereocenters. The topological polar surface area (TPSA) is 77.2 Å². The highest BCUT2D eigenvalue weighted by atomic mass is 32.1. The maximum Gasteiger partial charge on any atom is 0.250 e. The molecule has 6 heteroatoms. The van der Waals surface area contributed by atoms with Crippen LogP contribution in [0.2, 0.25) is 0 Å². The number of ether oxygens (including phenoxy) is 1. The van der Waals surface area contributed by atoms with Crippen LogP contribution in [0, 0.1) is 6.92 Å². The molecule has 2 rings (SSSR count). The summed E-state index contributed by atoms with van der Waals surface area (Å²) in [5, 5.41) is 5.81. The van der Waals surface area contributed by atoms with Crippen LogP contribution in [0.1, 0.15) is 5.01 Å². The zero-order valence-corrected chi connectivity index (χ0v) is 12.1. The number of aromatic nitrogens is 1. The van der Waals surface area contributed by atoms with E-state index >= 15 is 0 Å². The first kappa shape index (κ1) is 14.6. The standard InChI is InChI=1S/C14H17N3O2S/c1-10-16-13(9-20-10)11-3-2-4-12(7-11)17-14(18)8-19-6-5-15/h2-4,7,9H,5-6,8,15H2,1H3,(H,17,18). The van der Waals surface area contributed by atoms with Crippen LogP contribution in [-0.2, 0) is 9.53 Å². The summed E-state index contributed by atoms with van der Waals surface area (Å²) in [5.74, 6) is -0.190. The third kappa shape index (κ3) is 4.12. The van der Waals surface area contributed by atoms with E-state index < -0.39 is 0 Å². The number of nitrogens with one attached hydrogen (secondary N) is 1. The Kier molecular flexibility index (Phi) is 5.23. The molecule has 0 saturated heterocycles. The van der Waals surface area contributed by atoms with Crippen molar-refractivity contribution in [1.29, 1.82) is 0 Å². The number of hydrogen-bond donors (Lipinski definition) is 2. The summed E-state index contributed by atoms with van der Waals surface area (Å²) in [6, 6.07) is 7.59. The molecule has 0 aliphatic carbocycles. The number of thiazole rings is 1. The average molecular weight is 291 g/mol. The van der Waals surface area contributed by atoms with E-state index in [2.05, 4.69) is 10.3 Å². The van der Waals surface area contributed by atoms with E-state index in [0.29, 0.717) is 13.2 Å². The van der Waals surface area contributed by atoms with E-state index in [1.54, 1.807) is 11.3 Å². The summed E-state index contributed by atoms with van der Waals surface area (Å²) in [6.45, 7) is 2.77. The summed E-state index contributed by atoms with van der Waals surface area (Å²) in [6.07, 6.45) is 0. The third-order valence-corrected chi connectivity index (χ3v) is 3.33. The molecular formula is C14H17N3O2S. The number of aryl methyl sites for hydroxylation is 1. The summed E-state index contributed by atoms with van der Waals surface area (Å²) < 4.78 is 5.09. The maximum atomic E-state index is 11.6. The Morgan fingerprint density at radius 1 is 1.50 bits per heavy atom. The van der Waals surface area contributed by atoms with Gasteiger partial charge in [0, 0.05) is 23.2 Å². The number of hydrogen-bond acceptors (Lipinski definition) is 5. The van der Waals surface area contributed by atoms with Crippen molar-refractivity contribution in [1.82, 2.24) is 4.98 Å². The molecule has 1 heterocycles. The van der Waals surface area contributed by atoms with Gasteiger partial charge in [-0.15, -0.1) is 11.3 Å². The van der Waals surface area contributed by atoms with Crippen LogP contribution in [0.5, 0.6) is 0 Å². The van der Waals surface area contributed by atoms with Crippen molar-refractivity contribution in [3.05, 3.63) is 34.7 Å². The van der Waals surface area contributed by atoms with Gasteiger partial charge in [-0.3, -0.25) is 4.79 Å². The van der Waals surface area contributed by atoms with Gasteiger partial charge in [-0.1, -0.05) is 12.1 Å². The van der Waals surface area contributed by atoms with E-state index in [1.807, 2.05) is 36.6 Å². The Hall–Kier alpha value is -1.76. The number of amides is 1. The first-order valence-electron chi connectivity index (χ1n) is 6.29. The molecule has 1 aromatic heterocycles. The lowest BCUT2D eigenvalue weighted by atomic mass is 10.1. The number of nitrogens with zero attached hydrogens (tertiary/aromatic N) is 1. The molecule has 1 amide bonds. The number of rotatable bonds is 6. The van der Waals surface area contributed by atoms with Gasteiger partial charge in [0.25, 0.3) is 0 Å². The van der Waals surface area contributed by atoms with Crippen molar-refractivity contribution in [2.24, 2.45) is 5.73 Å². The Bertz CT molecular complexity index is 583. The highest BCUT2D eigenvalue weighted by Gasteiger charge is 2.06. The molecule has 0 spiro atoms. The van der Waals surface area contributed by atoms with Gasteiger partial charge in [-0.2, -0.15) is 0 Å². The zero-order chi connectivity index (χ0) is 14.4. The first-order chi connectivity index (χ1) is 9.69. The van der Waals surface area contributed by atoms with Gasteiger partial charge in [0.05, 0.1) is 17.3 Å². The molecule has 0 bridgehead atoms. The molecule has 106 valence electrons. The van der Waals surface area contributed by atoms with Crippen LogP contribution >= 0.6 is 11.3 Å². The second-order valence-electron chi connectivity index (χ2n) is 4.22. The fraction of sp³-hybridized carbons (Fsp3) is 0.286. The number of benzene rings is 1. The molecule has 0 radical (unpaired) electrons. The van der Waals surface area contributed by atoms with Crippen molar-refractivity contribution in [2.75, 3.05) is 25.1 Å². The minimum atomic E-state index is -0.190. The van der Waals surface area contributed by atoms with Gasteiger partial charge in [-0.25, -0.2) is 4.98 Å². The number of carbonyl (C=O) groups is 1. The maximum absolute atomic E-state index is 11.6. The quantitative estimate of drug-likeness (QED) is 0.798. The van der Waals surface area contributed by atoms with Crippen LogP contribution in [0.25, 0.3) is 11.3 Å². The lowest BCUT2D eigenvalue weighted by molar-refractivity contribution is -0.120. The Balaban J connectivity index is 2.01. The van der Waals surface area contributed by atoms with Crippen molar-refractivity contribution >= 4 is 22.9 Å². The molecule has 5 nitrogen and oxygen atoms in total. The second-order valence-corrected chi connectivity index (χ2v) is 5.28. The SMILES string of the molecule is Cc1nc(-c2cccc(NC(=O)COCCN)c2)cs1. The summed E-state index contributed by atoms with van der Waals surface area (Å²) in [7, 11) is 0. The molecule has 0 aliphatic rings. The van der Waals surface area contributed by atoms with Gasteiger partial charge in [-0.05, 0) is 19.1 Å². The Morgan fingerprint density at radius 3 is 3.05 bits per heavy atom. The predicted octanol–water partition coefficient (Wildman–Crippen LogP) is 2.03. The Labute approximate surface area is 121 Å². The van der Waals surface area contributed by atoms with E-state index in [-0.39, 0.29) is 12.5 Å². The van der Waals surface area contributed by atoms with Crippen LogP contribution in [0.3, 0.4) is 0 Å². The molecule has 0 saturated carbocycles. The third-order valence-electron chi connectivity index (χ3n) is 2.56. The lowest BCUT2D eigenvalue weighted by Gasteiger charge is -2.07. The smallest absolute Gasteiger partial charge is 0.250 e. The van der Waals surface area contributed by atoms with E-state index in [9.17, 15) is 4.79 Å². The van der Waals surface area contributed by atoms with Crippen LogP contribution in [0.4, 0.5) is 5.69 Å². The predicted molar refractivity (Wildman–Crippen MR) is 80.8 cm³/mol. The second kappa shape index (κ2) is 7.14. The van der Waals surface area contributed by atoms with E-state index in [4.69, 9.17) is 10.5 Å². The monoisotopic (exact) mass is 291 g/mol. The number of carbonyl (C=O) groups excluding carboxylic acids is 1. The molecule has 3 N–H and O–H groups in total. The number of anilines is 1. The summed E-state index contributed by atoms with van der Waals surface area (Å²) in [4.78, 5) is 16.1. The zero-order valence-electron chi connectivity index (χ0n) is 11.3. The molecule has 0 aliphatic heterocycles. The average Bonchev–Trinajstić information content (AvgIpc) is 2.86. The molecule has 0 fully saturated rings. The van der Waals surface area contributed by atoms with Gasteiger partial charge in [0.2, 0.25) is 5.91 Å². The first-order valence-corrected chi connectivity index (χ1v) is 7.17. The minimum absolute atomic E-state index is 0.0111. The highest BCUT2D eigenvalue weighted by molar-refractivity contribution is 7.09. The number of nitrogens with two attached hydrogens (primary N) is 1. The fourth-order valence-corrected chi connectivity index (χ4v) is 2.32. The Morgan fingerprint density at radius 2 is 2.35 bits per heavy atom. The van der Waals surface area contributed by atoms with Gasteiger partial charge < -0.3 is 15.8 Å². The van der Waals surface area contributed by atoms with E-state index in [0.717, 1.165) is 22.0 Å². The molecule has 20 heavy (non-hydrogen) atoms. The van der Waals surface area contributed by atoms with Crippen molar-refractivity contribution in [3.63, 3.8) is 0 Å². The van der Waals surface area contributed by atoms with Gasteiger partial charge >= 0.3 is 0 Å². The molecule has 2 aromatic rings. The minimum Gasteiger partial charge on any atom is -0.370 e. The molecule has 0 atom stereocenters. The fourth-order valence-electron chi connectivity index (χ4n) is 1.70. The van der Waals surface area contributed by atoms with Crippen LogP contribution < -0.4 is 11.1 Å². The van der Waals surface area contributed by atoms with Crippen LogP contribution in [-0.4, -0.2) is 30.6 Å². The van der Waals surface area contributed by atoms with Crippen molar-refractivity contribution in [2.45, 2.75) is 6.92 Å². The van der Waals surface area contributed by atoms with Crippen molar-refractivity contribution in [3.8, 4) is 11.3 Å². The van der Waals surface area contributed by atoms with E-state index in [1.165, 1.54) is 0 Å². The molecular weight excluding hydrogens is 274 g/mol. The largest absolute Gasteiger partial charge is 0.370 e. The van der Waals surface area contributed by atoms with Gasteiger partial charge in [0.15, 0.2) is 0 Å². The van der Waals surface area contributed by atoms with Crippen molar-refractivity contribution < 1.29 is 9.53 Å².